The van der Waals surface area contributed by atoms with Gasteiger partial charge in [-0.05, 0) is 85.8 Å². The molecule has 2 amide bonds. The molecule has 5 rings (SSSR count). The molecule has 1 atom stereocenters. The largest absolute Gasteiger partial charge is 0.497 e. The Morgan fingerprint density at radius 1 is 0.895 bits per heavy atom. The third kappa shape index (κ3) is 5.32. The Hall–Kier alpha value is -4.00. The molecule has 0 radical (unpaired) electrons. The van der Waals surface area contributed by atoms with Gasteiger partial charge in [-0.3, -0.25) is 14.5 Å². The van der Waals surface area contributed by atoms with Crippen LogP contribution in [0.3, 0.4) is 0 Å². The number of ether oxygens (including phenoxy) is 3. The normalized spacial score (nSPS) is 15.6. The van der Waals surface area contributed by atoms with Gasteiger partial charge < -0.3 is 19.5 Å². The Labute approximate surface area is 223 Å². The van der Waals surface area contributed by atoms with Crippen molar-refractivity contribution in [3.05, 3.63) is 82.9 Å². The topological polar surface area (TPSA) is 77.1 Å². The van der Waals surface area contributed by atoms with E-state index in [9.17, 15) is 9.59 Å². The van der Waals surface area contributed by atoms with Crippen LogP contribution in [0.4, 0.5) is 5.69 Å². The zero-order chi connectivity index (χ0) is 26.6. The van der Waals surface area contributed by atoms with Gasteiger partial charge in [-0.2, -0.15) is 0 Å². The first-order chi connectivity index (χ1) is 18.4. The van der Waals surface area contributed by atoms with Gasteiger partial charge in [0.1, 0.15) is 25.0 Å². The van der Waals surface area contributed by atoms with Gasteiger partial charge in [-0.25, -0.2) is 0 Å². The van der Waals surface area contributed by atoms with Crippen molar-refractivity contribution in [1.82, 2.24) is 5.32 Å². The summed E-state index contributed by atoms with van der Waals surface area (Å²) in [6.07, 6.45) is 4.08. The summed E-state index contributed by atoms with van der Waals surface area (Å²) in [4.78, 5) is 29.9. The summed E-state index contributed by atoms with van der Waals surface area (Å²) < 4.78 is 16.8. The molecule has 198 valence electrons. The summed E-state index contributed by atoms with van der Waals surface area (Å²) in [5.74, 6) is 1.31. The van der Waals surface area contributed by atoms with Gasteiger partial charge in [0.15, 0.2) is 11.5 Å². The average molecular weight is 515 g/mol. The molecule has 1 saturated carbocycles. The molecule has 7 heteroatoms. The Bertz CT molecular complexity index is 1310. The van der Waals surface area contributed by atoms with Crippen molar-refractivity contribution in [3.63, 3.8) is 0 Å². The number of hydrogen-bond donors (Lipinski definition) is 1. The first-order valence-corrected chi connectivity index (χ1v) is 13.2. The van der Waals surface area contributed by atoms with Crippen LogP contribution >= 0.6 is 0 Å². The highest BCUT2D eigenvalue weighted by molar-refractivity contribution is 6.10. The van der Waals surface area contributed by atoms with Crippen LogP contribution in [0.15, 0.2) is 60.7 Å². The van der Waals surface area contributed by atoms with Crippen LogP contribution in [0.25, 0.3) is 0 Å². The summed E-state index contributed by atoms with van der Waals surface area (Å²) >= 11 is 0. The van der Waals surface area contributed by atoms with E-state index in [1.54, 1.807) is 30.2 Å². The molecule has 0 aromatic heterocycles. The Balaban J connectivity index is 1.62. The van der Waals surface area contributed by atoms with E-state index in [2.05, 4.69) is 5.32 Å². The number of carbonyl (C=O) groups is 2. The fourth-order valence-electron chi connectivity index (χ4n) is 5.13. The summed E-state index contributed by atoms with van der Waals surface area (Å²) in [5.41, 5.74) is 3.91. The number of benzene rings is 3. The fraction of sp³-hybridized carbons (Fsp3) is 0.355. The lowest BCUT2D eigenvalue weighted by Crippen LogP contribution is -2.46. The molecule has 1 aliphatic heterocycles. The molecule has 1 N–H and O–H groups in total. The molecule has 0 bridgehead atoms. The average Bonchev–Trinajstić information content (AvgIpc) is 3.45. The van der Waals surface area contributed by atoms with Crippen LogP contribution in [0.2, 0.25) is 0 Å². The highest BCUT2D eigenvalue weighted by atomic mass is 16.6. The SMILES string of the molecule is COc1ccc([C@H](C(=O)NC2CCCC2)N(C(=O)c2ccc3c(c2)OCCO3)c2ccc(C)c(C)c2)cc1. The molecule has 0 saturated heterocycles. The van der Waals surface area contributed by atoms with Crippen LogP contribution in [0.1, 0.15) is 58.8 Å². The molecule has 2 aliphatic rings. The number of nitrogens with one attached hydrogen (secondary N) is 1. The molecular weight excluding hydrogens is 480 g/mol. The number of fused-ring (bicyclic) bond motifs is 1. The van der Waals surface area contributed by atoms with Crippen molar-refractivity contribution in [3.8, 4) is 17.2 Å². The summed E-state index contributed by atoms with van der Waals surface area (Å²) in [6, 6.07) is 17.6. The van der Waals surface area contributed by atoms with E-state index in [1.807, 2.05) is 56.3 Å². The fourth-order valence-corrected chi connectivity index (χ4v) is 5.13. The van der Waals surface area contributed by atoms with E-state index in [-0.39, 0.29) is 17.9 Å². The molecule has 1 heterocycles. The van der Waals surface area contributed by atoms with E-state index < -0.39 is 6.04 Å². The molecule has 7 nitrogen and oxygen atoms in total. The highest BCUT2D eigenvalue weighted by Gasteiger charge is 2.35. The summed E-state index contributed by atoms with van der Waals surface area (Å²) in [5, 5.41) is 3.23. The zero-order valence-corrected chi connectivity index (χ0v) is 22.2. The number of hydrogen-bond acceptors (Lipinski definition) is 5. The van der Waals surface area contributed by atoms with E-state index in [0.717, 1.165) is 36.8 Å². The van der Waals surface area contributed by atoms with Crippen LogP contribution in [0.5, 0.6) is 17.2 Å². The molecule has 1 aliphatic carbocycles. The molecule has 3 aromatic rings. The van der Waals surface area contributed by atoms with Crippen molar-refractivity contribution >= 4 is 17.5 Å². The minimum atomic E-state index is -0.885. The van der Waals surface area contributed by atoms with Gasteiger partial charge >= 0.3 is 0 Å². The van der Waals surface area contributed by atoms with Gasteiger partial charge in [0, 0.05) is 17.3 Å². The number of aryl methyl sites for hydroxylation is 2. The number of amides is 2. The van der Waals surface area contributed by atoms with Crippen molar-refractivity contribution < 1.29 is 23.8 Å². The van der Waals surface area contributed by atoms with E-state index in [4.69, 9.17) is 14.2 Å². The molecule has 1 fully saturated rings. The Kier molecular flexibility index (Phi) is 7.54. The van der Waals surface area contributed by atoms with Crippen molar-refractivity contribution in [2.24, 2.45) is 0 Å². The Morgan fingerprint density at radius 2 is 1.61 bits per heavy atom. The molecule has 38 heavy (non-hydrogen) atoms. The smallest absolute Gasteiger partial charge is 0.259 e. The molecule has 0 unspecified atom stereocenters. The Morgan fingerprint density at radius 3 is 2.29 bits per heavy atom. The first-order valence-electron chi connectivity index (χ1n) is 13.2. The third-order valence-corrected chi connectivity index (χ3v) is 7.42. The maximum absolute atomic E-state index is 14.3. The second-order valence-corrected chi connectivity index (χ2v) is 9.97. The van der Waals surface area contributed by atoms with Crippen LogP contribution in [-0.2, 0) is 4.79 Å². The van der Waals surface area contributed by atoms with Crippen molar-refractivity contribution in [1.29, 1.82) is 0 Å². The predicted molar refractivity (Wildman–Crippen MR) is 146 cm³/mol. The number of methoxy groups -OCH3 is 1. The van der Waals surface area contributed by atoms with Crippen molar-refractivity contribution in [2.45, 2.75) is 51.6 Å². The lowest BCUT2D eigenvalue weighted by atomic mass is 9.99. The second-order valence-electron chi connectivity index (χ2n) is 9.97. The lowest BCUT2D eigenvalue weighted by Gasteiger charge is -2.33. The maximum atomic E-state index is 14.3. The van der Waals surface area contributed by atoms with Gasteiger partial charge in [0.2, 0.25) is 5.91 Å². The van der Waals surface area contributed by atoms with Gasteiger partial charge in [-0.1, -0.05) is 31.0 Å². The quantitative estimate of drug-likeness (QED) is 0.449. The van der Waals surface area contributed by atoms with E-state index in [1.165, 1.54) is 0 Å². The van der Waals surface area contributed by atoms with Crippen LogP contribution in [0, 0.1) is 13.8 Å². The van der Waals surface area contributed by atoms with Crippen molar-refractivity contribution in [2.75, 3.05) is 25.2 Å². The van der Waals surface area contributed by atoms with Gasteiger partial charge in [-0.15, -0.1) is 0 Å². The standard InChI is InChI=1S/C31H34N2O5/c1-20-8-12-25(18-21(20)2)33(31(35)23-11-15-27-28(19-23)38-17-16-37-27)29(22-9-13-26(36-3)14-10-22)30(34)32-24-6-4-5-7-24/h8-15,18-19,24,29H,4-7,16-17H2,1-3H3,(H,32,34)/t29-/m1/s1. The number of carbonyl (C=O) groups excluding carboxylic acids is 2. The van der Waals surface area contributed by atoms with E-state index >= 15 is 0 Å². The number of nitrogens with zero attached hydrogens (tertiary/aromatic N) is 1. The second kappa shape index (κ2) is 11.2. The molecular formula is C31H34N2O5. The van der Waals surface area contributed by atoms with Crippen LogP contribution < -0.4 is 24.4 Å². The zero-order valence-electron chi connectivity index (χ0n) is 22.2. The maximum Gasteiger partial charge on any atom is 0.259 e. The minimum absolute atomic E-state index is 0.106. The third-order valence-electron chi connectivity index (χ3n) is 7.42. The molecule has 3 aromatic carbocycles. The highest BCUT2D eigenvalue weighted by Crippen LogP contribution is 2.35. The monoisotopic (exact) mass is 514 g/mol. The molecule has 0 spiro atoms. The number of rotatable bonds is 7. The minimum Gasteiger partial charge on any atom is -0.497 e. The predicted octanol–water partition coefficient (Wildman–Crippen LogP) is 5.53. The summed E-state index contributed by atoms with van der Waals surface area (Å²) in [7, 11) is 1.60. The summed E-state index contributed by atoms with van der Waals surface area (Å²) in [6.45, 7) is 4.92. The lowest BCUT2D eigenvalue weighted by molar-refractivity contribution is -0.123. The van der Waals surface area contributed by atoms with Crippen LogP contribution in [-0.4, -0.2) is 38.2 Å². The first kappa shape index (κ1) is 25.6. The number of anilines is 1. The van der Waals surface area contributed by atoms with Gasteiger partial charge in [0.05, 0.1) is 7.11 Å². The van der Waals surface area contributed by atoms with E-state index in [0.29, 0.717) is 47.3 Å². The van der Waals surface area contributed by atoms with Gasteiger partial charge in [0.25, 0.3) is 5.91 Å².